The molecule has 16 bridgehead atoms. The number of rotatable bonds is 10. The zero-order chi connectivity index (χ0) is 70.3. The Kier molecular flexibility index (Phi) is 25.4. The van der Waals surface area contributed by atoms with Crippen molar-refractivity contribution < 1.29 is 197 Å². The number of hydrogen-bond acceptors (Lipinski definition) is 38. The molecule has 0 amide bonds. The Morgan fingerprint density at radius 1 is 0.184 bits per heavy atom. The highest BCUT2D eigenvalue weighted by Crippen LogP contribution is 2.40. The van der Waals surface area contributed by atoms with Gasteiger partial charge in [0.2, 0.25) is 0 Å². The second kappa shape index (κ2) is 32.8. The molecule has 0 aliphatic carbocycles. The molecule has 2 aromatic heterocycles. The Balaban J connectivity index is 0.889. The van der Waals surface area contributed by atoms with Gasteiger partial charge in [-0.05, 0) is 0 Å². The lowest BCUT2D eigenvalue weighted by atomic mass is 9.94. The zero-order valence-corrected chi connectivity index (χ0v) is 51.8. The predicted molar refractivity (Wildman–Crippen MR) is 300 cm³/mol. The molecule has 30 aliphatic rings. The van der Waals surface area contributed by atoms with Crippen LogP contribution in [0.5, 0.6) is 0 Å². The molecule has 0 unspecified atom stereocenters. The molecule has 0 aromatic carbocycles. The fourth-order valence-electron chi connectivity index (χ4n) is 13.4. The summed E-state index contributed by atoms with van der Waals surface area (Å²) in [5.74, 6) is 0. The number of aromatic nitrogens is 2. The van der Waals surface area contributed by atoms with Gasteiger partial charge in [0, 0.05) is 24.3 Å². The van der Waals surface area contributed by atoms with Gasteiger partial charge in [0.05, 0.1) is 39.6 Å². The van der Waals surface area contributed by atoms with Gasteiger partial charge in [-0.2, -0.15) is 0 Å². The monoisotopic (exact) mass is 1420 g/mol. The standard InChI is InChI=1S/C58H88N2O38/c61-13-21-45-30(70)38(78)54(86-21)95-47-23(15-63)88-56(40(80)32(47)72)97-49-25(17-65)90-58(42(82)34(49)74)98-50-26(18-66)89-57(41(81)33(50)73)96-48-24(16-64)87-55(39(79)31(48)71)94-46-22(14-62)85-53(37(77)29(46)69)92-44-20(12-60-9-5-2-6-10-60)83-51(35(75)27(44)67)91-43-19(11-59-7-3-1-4-8-59)84-52(93-45)36(76)28(43)68/h1-10,19-58,61-82H,11-18H2/q+2/t19-,20+,21-,22+,23-,24-,25-,26-,27-,28-,29-,30-,31-,32-,33-,34+,35-,36+,37-,38+,39-,40-,41-,42-,43-,44-,45-,46-,47-,48-,49-,50-,51-,52-,53-,54-,55-,56-,57-,58-/m1/s1. The summed E-state index contributed by atoms with van der Waals surface area (Å²) in [7, 11) is 0. The van der Waals surface area contributed by atoms with E-state index >= 15 is 0 Å². The first-order chi connectivity index (χ1) is 46.9. The second-order valence-electron chi connectivity index (χ2n) is 25.2. The van der Waals surface area contributed by atoms with Crippen molar-refractivity contribution in [1.82, 2.24) is 0 Å². The highest BCUT2D eigenvalue weighted by Gasteiger charge is 2.61. The summed E-state index contributed by atoms with van der Waals surface area (Å²) in [4.78, 5) is 0. The van der Waals surface area contributed by atoms with E-state index in [0.29, 0.717) is 0 Å². The van der Waals surface area contributed by atoms with E-state index in [9.17, 15) is 112 Å². The molecule has 30 saturated heterocycles. The van der Waals surface area contributed by atoms with Crippen LogP contribution in [0.4, 0.5) is 0 Å². The average molecular weight is 1420 g/mol. The minimum Gasteiger partial charge on any atom is -0.394 e. The van der Waals surface area contributed by atoms with Gasteiger partial charge < -0.3 is 188 Å². The Morgan fingerprint density at radius 2 is 0.327 bits per heavy atom. The summed E-state index contributed by atoms with van der Waals surface area (Å²) in [6, 6.07) is 9.88. The van der Waals surface area contributed by atoms with E-state index in [1.807, 2.05) is 0 Å². The smallest absolute Gasteiger partial charge is 0.187 e. The van der Waals surface area contributed by atoms with Gasteiger partial charge in [-0.1, -0.05) is 12.1 Å². The lowest BCUT2D eigenvalue weighted by Crippen LogP contribution is -2.69. The average Bonchev–Trinajstić information content (AvgIpc) is 0.777. The number of aliphatic hydroxyl groups excluding tert-OH is 22. The quantitative estimate of drug-likeness (QED) is 0.0982. The second-order valence-corrected chi connectivity index (χ2v) is 25.2. The summed E-state index contributed by atoms with van der Waals surface area (Å²) in [6.45, 7) is -6.85. The van der Waals surface area contributed by atoms with Crippen LogP contribution < -0.4 is 9.13 Å². The number of hydrogen-bond donors (Lipinski definition) is 22. The van der Waals surface area contributed by atoms with Gasteiger partial charge in [0.1, 0.15) is 195 Å². The largest absolute Gasteiger partial charge is 0.394 e. The van der Waals surface area contributed by atoms with Crippen LogP contribution >= 0.6 is 0 Å². The summed E-state index contributed by atoms with van der Waals surface area (Å²) >= 11 is 0. The molecule has 0 radical (unpaired) electrons. The van der Waals surface area contributed by atoms with E-state index in [0.717, 1.165) is 0 Å². The van der Waals surface area contributed by atoms with Crippen LogP contribution in [0.1, 0.15) is 0 Å². The summed E-state index contributed by atoms with van der Waals surface area (Å²) < 4.78 is 97.9. The first-order valence-electron chi connectivity index (χ1n) is 31.8. The fraction of sp³-hybridized carbons (Fsp3) is 0.828. The predicted octanol–water partition coefficient (Wildman–Crippen LogP) is -15.4. The van der Waals surface area contributed by atoms with E-state index in [1.165, 1.54) is 0 Å². The molecule has 22 N–H and O–H groups in total. The Labute approximate surface area is 555 Å². The normalized spacial score (nSPS) is 50.8. The lowest BCUT2D eigenvalue weighted by Gasteiger charge is -2.50. The van der Waals surface area contributed by atoms with Gasteiger partial charge in [0.15, 0.2) is 88.2 Å². The molecule has 32 heterocycles. The number of ether oxygens (including phenoxy) is 16. The molecule has 0 saturated carbocycles. The molecule has 0 spiro atoms. The molecule has 40 atom stereocenters. The third-order valence-corrected chi connectivity index (χ3v) is 18.9. The van der Waals surface area contributed by atoms with Crippen LogP contribution in [0.15, 0.2) is 61.2 Å². The van der Waals surface area contributed by atoms with Crippen molar-refractivity contribution in [3.8, 4) is 0 Å². The van der Waals surface area contributed by atoms with E-state index < -0.39 is 285 Å². The highest BCUT2D eigenvalue weighted by molar-refractivity contribution is 5.03. The van der Waals surface area contributed by atoms with E-state index in [1.54, 1.807) is 70.3 Å². The summed E-state index contributed by atoms with van der Waals surface area (Å²) in [5, 5.41) is 250. The summed E-state index contributed by atoms with van der Waals surface area (Å²) in [6.07, 6.45) is -73.5. The van der Waals surface area contributed by atoms with Crippen molar-refractivity contribution in [2.24, 2.45) is 0 Å². The van der Waals surface area contributed by atoms with Crippen molar-refractivity contribution >= 4 is 0 Å². The van der Waals surface area contributed by atoms with Gasteiger partial charge >= 0.3 is 0 Å². The van der Waals surface area contributed by atoms with Crippen molar-refractivity contribution in [3.05, 3.63) is 61.2 Å². The molecule has 30 aliphatic heterocycles. The van der Waals surface area contributed by atoms with E-state index in [-0.39, 0.29) is 13.1 Å². The maximum atomic E-state index is 12.1. The highest BCUT2D eigenvalue weighted by atomic mass is 16.8. The first kappa shape index (κ1) is 75.9. The van der Waals surface area contributed by atoms with Crippen molar-refractivity contribution in [3.63, 3.8) is 0 Å². The topological polar surface area (TPSA) is 601 Å². The van der Waals surface area contributed by atoms with Crippen LogP contribution in [0.3, 0.4) is 0 Å². The van der Waals surface area contributed by atoms with Gasteiger partial charge in [-0.3, -0.25) is 0 Å². The Bertz CT molecular complexity index is 2720. The zero-order valence-electron chi connectivity index (χ0n) is 51.8. The maximum absolute atomic E-state index is 12.1. The maximum Gasteiger partial charge on any atom is 0.187 e. The number of pyridine rings is 2. The SMILES string of the molecule is OC[C@@H]1O[C@@H]2O[C@H]3[C@H](O)[C@@H](O)[C@@H](O[C@H]4[C@H](O)[C@H](O)[C@@H](O[C@H]5[C@H](O)[C@H](O)[C@@H](O[C@H]6[C@H](O)[C@@H](O)[C@@H](O[C@H]7[C@@H](O)[C@@H](O)[C@@H](O[C@H]8[C@H](O)[C@@H](O)[C@@H](O[C@H]9[C@H](O)[C@@H](O)[C@@H](O[C@H]1[C@H](O)[C@H]2O)O[C@@H]9CO)O[C@@H]8CO)O[C@@H]7CO)O[C@@H]6CO)O[C@@H]5CO)O[C@@H]4C[n+]1ccccc1)O[C@H]3C[n+]1ccccc1. The van der Waals surface area contributed by atoms with E-state index in [2.05, 4.69) is 0 Å². The van der Waals surface area contributed by atoms with Crippen molar-refractivity contribution in [2.75, 3.05) is 39.6 Å². The molecule has 556 valence electrons. The molecule has 98 heavy (non-hydrogen) atoms. The minimum absolute atomic E-state index is 0.246. The minimum atomic E-state index is -2.24. The Morgan fingerprint density at radius 3 is 0.480 bits per heavy atom. The van der Waals surface area contributed by atoms with Crippen LogP contribution in [0, 0.1) is 0 Å². The molecule has 32 rings (SSSR count). The number of nitrogens with zero attached hydrogens (tertiary/aromatic N) is 2. The van der Waals surface area contributed by atoms with Crippen LogP contribution in [-0.4, -0.2) is 398 Å². The third kappa shape index (κ3) is 15.5. The van der Waals surface area contributed by atoms with Crippen molar-refractivity contribution in [2.45, 2.75) is 259 Å². The van der Waals surface area contributed by atoms with Crippen LogP contribution in [-0.2, 0) is 88.9 Å². The molecule has 40 heteroatoms. The molecule has 2 aromatic rings. The lowest BCUT2D eigenvalue weighted by molar-refractivity contribution is -0.709. The third-order valence-electron chi connectivity index (χ3n) is 18.9. The summed E-state index contributed by atoms with van der Waals surface area (Å²) in [5.41, 5.74) is 0. The molecular formula is C58H88N2O38+2. The van der Waals surface area contributed by atoms with Crippen LogP contribution in [0.2, 0.25) is 0 Å². The van der Waals surface area contributed by atoms with Gasteiger partial charge in [-0.15, -0.1) is 0 Å². The first-order valence-corrected chi connectivity index (χ1v) is 31.8. The van der Waals surface area contributed by atoms with E-state index in [4.69, 9.17) is 75.8 Å². The number of aliphatic hydroxyl groups is 22. The fourth-order valence-corrected chi connectivity index (χ4v) is 13.4. The molecular weight excluding hydrogens is 1330 g/mol. The van der Waals surface area contributed by atoms with Gasteiger partial charge in [0.25, 0.3) is 0 Å². The van der Waals surface area contributed by atoms with Gasteiger partial charge in [-0.25, -0.2) is 9.13 Å². The Hall–Kier alpha value is -3.22. The van der Waals surface area contributed by atoms with Crippen LogP contribution in [0.25, 0.3) is 0 Å². The molecule has 40 nitrogen and oxygen atoms in total. The van der Waals surface area contributed by atoms with Crippen molar-refractivity contribution in [1.29, 1.82) is 0 Å². The molecule has 30 fully saturated rings.